The summed E-state index contributed by atoms with van der Waals surface area (Å²) >= 11 is 5.85. The smallest absolute Gasteiger partial charge is 0.257 e. The first-order chi connectivity index (χ1) is 9.50. The number of aromatic nitrogens is 2. The minimum absolute atomic E-state index is 0.00909. The SMILES string of the molecule is CC(c1ccncc1)N(C)C(=O)c1cc(F)cnc1Cl. The summed E-state index contributed by atoms with van der Waals surface area (Å²) in [5.41, 5.74) is 0.978. The highest BCUT2D eigenvalue weighted by molar-refractivity contribution is 6.32. The van der Waals surface area contributed by atoms with Gasteiger partial charge in [-0.3, -0.25) is 9.78 Å². The lowest BCUT2D eigenvalue weighted by Crippen LogP contribution is -2.30. The van der Waals surface area contributed by atoms with Gasteiger partial charge < -0.3 is 4.90 Å². The van der Waals surface area contributed by atoms with Gasteiger partial charge in [0, 0.05) is 19.4 Å². The summed E-state index contributed by atoms with van der Waals surface area (Å²) in [5.74, 6) is -0.978. The van der Waals surface area contributed by atoms with E-state index in [9.17, 15) is 9.18 Å². The van der Waals surface area contributed by atoms with Crippen molar-refractivity contribution in [1.82, 2.24) is 14.9 Å². The molecule has 0 N–H and O–H groups in total. The zero-order chi connectivity index (χ0) is 14.7. The molecule has 0 aliphatic carbocycles. The maximum absolute atomic E-state index is 13.2. The van der Waals surface area contributed by atoms with Crippen molar-refractivity contribution in [3.63, 3.8) is 0 Å². The van der Waals surface area contributed by atoms with Gasteiger partial charge in [0.25, 0.3) is 5.91 Å². The van der Waals surface area contributed by atoms with E-state index in [4.69, 9.17) is 11.6 Å². The number of carbonyl (C=O) groups is 1. The molecule has 0 bridgehead atoms. The molecule has 2 rings (SSSR count). The number of halogens is 2. The van der Waals surface area contributed by atoms with Crippen LogP contribution in [0.3, 0.4) is 0 Å². The van der Waals surface area contributed by atoms with E-state index in [2.05, 4.69) is 9.97 Å². The Morgan fingerprint density at radius 3 is 2.70 bits per heavy atom. The topological polar surface area (TPSA) is 46.1 Å². The lowest BCUT2D eigenvalue weighted by molar-refractivity contribution is 0.0742. The molecule has 104 valence electrons. The van der Waals surface area contributed by atoms with Crippen LogP contribution in [0.15, 0.2) is 36.8 Å². The number of hydrogen-bond donors (Lipinski definition) is 0. The highest BCUT2D eigenvalue weighted by atomic mass is 35.5. The van der Waals surface area contributed by atoms with Crippen LogP contribution in [0.2, 0.25) is 5.15 Å². The Balaban J connectivity index is 2.27. The van der Waals surface area contributed by atoms with E-state index in [1.807, 2.05) is 19.1 Å². The maximum Gasteiger partial charge on any atom is 0.257 e. The van der Waals surface area contributed by atoms with Gasteiger partial charge in [0.05, 0.1) is 17.8 Å². The second-order valence-electron chi connectivity index (χ2n) is 4.36. The average Bonchev–Trinajstić information content (AvgIpc) is 2.48. The molecular formula is C14H13ClFN3O. The largest absolute Gasteiger partial charge is 0.335 e. The predicted molar refractivity (Wildman–Crippen MR) is 74.0 cm³/mol. The Morgan fingerprint density at radius 1 is 1.40 bits per heavy atom. The normalized spacial score (nSPS) is 12.0. The first-order valence-electron chi connectivity index (χ1n) is 5.99. The minimum Gasteiger partial charge on any atom is -0.335 e. The molecule has 4 nitrogen and oxygen atoms in total. The summed E-state index contributed by atoms with van der Waals surface area (Å²) in [6.45, 7) is 1.87. The van der Waals surface area contributed by atoms with Crippen LogP contribution in [0.1, 0.15) is 28.9 Å². The fourth-order valence-corrected chi connectivity index (χ4v) is 1.99. The Bertz CT molecular complexity index is 621. The number of hydrogen-bond acceptors (Lipinski definition) is 3. The van der Waals surface area contributed by atoms with E-state index in [1.54, 1.807) is 19.4 Å². The summed E-state index contributed by atoms with van der Waals surface area (Å²) < 4.78 is 13.2. The molecule has 1 amide bonds. The quantitative estimate of drug-likeness (QED) is 0.817. The number of carbonyl (C=O) groups excluding carboxylic acids is 1. The summed E-state index contributed by atoms with van der Waals surface area (Å²) in [6, 6.07) is 4.54. The van der Waals surface area contributed by atoms with Crippen molar-refractivity contribution >= 4 is 17.5 Å². The molecule has 0 radical (unpaired) electrons. The molecule has 20 heavy (non-hydrogen) atoms. The first-order valence-corrected chi connectivity index (χ1v) is 6.36. The van der Waals surface area contributed by atoms with Crippen LogP contribution in [0.5, 0.6) is 0 Å². The van der Waals surface area contributed by atoms with E-state index < -0.39 is 5.82 Å². The highest BCUT2D eigenvalue weighted by Gasteiger charge is 2.22. The van der Waals surface area contributed by atoms with Gasteiger partial charge in [0.1, 0.15) is 11.0 Å². The van der Waals surface area contributed by atoms with Crippen molar-refractivity contribution in [1.29, 1.82) is 0 Å². The summed E-state index contributed by atoms with van der Waals surface area (Å²) in [7, 11) is 1.63. The number of pyridine rings is 2. The van der Waals surface area contributed by atoms with Gasteiger partial charge in [-0.15, -0.1) is 0 Å². The fraction of sp³-hybridized carbons (Fsp3) is 0.214. The molecule has 0 aliphatic heterocycles. The molecule has 0 fully saturated rings. The van der Waals surface area contributed by atoms with Crippen molar-refractivity contribution in [3.05, 3.63) is 58.9 Å². The third kappa shape index (κ3) is 2.93. The number of rotatable bonds is 3. The van der Waals surface area contributed by atoms with Crippen molar-refractivity contribution in [3.8, 4) is 0 Å². The number of nitrogens with zero attached hydrogens (tertiary/aromatic N) is 3. The Hall–Kier alpha value is -2.01. The lowest BCUT2D eigenvalue weighted by Gasteiger charge is -2.25. The first kappa shape index (κ1) is 14.4. The van der Waals surface area contributed by atoms with Crippen molar-refractivity contribution in [2.75, 3.05) is 7.05 Å². The molecule has 2 aromatic heterocycles. The lowest BCUT2D eigenvalue weighted by atomic mass is 10.1. The van der Waals surface area contributed by atoms with Crippen LogP contribution in [0, 0.1) is 5.82 Å². The summed E-state index contributed by atoms with van der Waals surface area (Å²) in [4.78, 5) is 21.4. The zero-order valence-corrected chi connectivity index (χ0v) is 11.8. The molecule has 0 saturated heterocycles. The van der Waals surface area contributed by atoms with Crippen LogP contribution in [-0.4, -0.2) is 27.8 Å². The van der Waals surface area contributed by atoms with Gasteiger partial charge in [-0.1, -0.05) is 11.6 Å². The van der Waals surface area contributed by atoms with E-state index >= 15 is 0 Å². The Labute approximate surface area is 121 Å². The third-order valence-corrected chi connectivity index (χ3v) is 3.43. The molecule has 2 aromatic rings. The molecular weight excluding hydrogens is 281 g/mol. The zero-order valence-electron chi connectivity index (χ0n) is 11.0. The van der Waals surface area contributed by atoms with Gasteiger partial charge in [-0.2, -0.15) is 0 Å². The van der Waals surface area contributed by atoms with Gasteiger partial charge in [-0.25, -0.2) is 9.37 Å². The second-order valence-corrected chi connectivity index (χ2v) is 4.72. The molecule has 0 aromatic carbocycles. The van der Waals surface area contributed by atoms with Crippen molar-refractivity contribution in [2.24, 2.45) is 0 Å². The molecule has 0 spiro atoms. The summed E-state index contributed by atoms with van der Waals surface area (Å²) in [5, 5.41) is -0.00909. The maximum atomic E-state index is 13.2. The molecule has 1 unspecified atom stereocenters. The van der Waals surface area contributed by atoms with Crippen molar-refractivity contribution < 1.29 is 9.18 Å². The Kier molecular flexibility index (Phi) is 4.29. The van der Waals surface area contributed by atoms with Crippen molar-refractivity contribution in [2.45, 2.75) is 13.0 Å². The average molecular weight is 294 g/mol. The van der Waals surface area contributed by atoms with Gasteiger partial charge in [0.15, 0.2) is 0 Å². The molecule has 6 heteroatoms. The molecule has 1 atom stereocenters. The van der Waals surface area contributed by atoms with Crippen LogP contribution >= 0.6 is 11.6 Å². The van der Waals surface area contributed by atoms with Gasteiger partial charge in [-0.05, 0) is 30.7 Å². The second kappa shape index (κ2) is 5.96. The van der Waals surface area contributed by atoms with E-state index in [0.717, 1.165) is 17.8 Å². The standard InChI is InChI=1S/C14H13ClFN3O/c1-9(10-3-5-17-6-4-10)19(2)14(20)12-7-11(16)8-18-13(12)15/h3-9H,1-2H3. The molecule has 0 aliphatic rings. The van der Waals surface area contributed by atoms with E-state index in [-0.39, 0.29) is 22.7 Å². The van der Waals surface area contributed by atoms with Gasteiger partial charge in [0.2, 0.25) is 0 Å². The number of amides is 1. The highest BCUT2D eigenvalue weighted by Crippen LogP contribution is 2.22. The van der Waals surface area contributed by atoms with Gasteiger partial charge >= 0.3 is 0 Å². The van der Waals surface area contributed by atoms with E-state index in [1.165, 1.54) is 4.90 Å². The van der Waals surface area contributed by atoms with Crippen LogP contribution < -0.4 is 0 Å². The minimum atomic E-state index is -0.595. The van der Waals surface area contributed by atoms with Crippen LogP contribution in [-0.2, 0) is 0 Å². The fourth-order valence-electron chi connectivity index (χ4n) is 1.80. The van der Waals surface area contributed by atoms with Crippen LogP contribution in [0.4, 0.5) is 4.39 Å². The Morgan fingerprint density at radius 2 is 2.05 bits per heavy atom. The monoisotopic (exact) mass is 293 g/mol. The molecule has 2 heterocycles. The van der Waals surface area contributed by atoms with E-state index in [0.29, 0.717) is 0 Å². The van der Waals surface area contributed by atoms with Crippen LogP contribution in [0.25, 0.3) is 0 Å². The molecule has 0 saturated carbocycles. The third-order valence-electron chi connectivity index (χ3n) is 3.13. The predicted octanol–water partition coefficient (Wildman–Crippen LogP) is 3.10. The summed E-state index contributed by atoms with van der Waals surface area (Å²) in [6.07, 6.45) is 4.28.